The first kappa shape index (κ1) is 14.3. The molecule has 1 atom stereocenters. The van der Waals surface area contributed by atoms with Crippen LogP contribution in [-0.4, -0.2) is 24.0 Å². The maximum Gasteiger partial charge on any atom is 0.304 e. The van der Waals surface area contributed by atoms with Gasteiger partial charge in [-0.25, -0.2) is 0 Å². The molecule has 106 valence electrons. The van der Waals surface area contributed by atoms with Crippen molar-refractivity contribution in [3.63, 3.8) is 0 Å². The predicted molar refractivity (Wildman–Crippen MR) is 76.2 cm³/mol. The molecular formula is C13H21N3O2S. The molecule has 6 heteroatoms. The first-order chi connectivity index (χ1) is 9.16. The molecule has 1 aromatic rings. The van der Waals surface area contributed by atoms with Crippen molar-refractivity contribution in [1.29, 1.82) is 0 Å². The zero-order chi connectivity index (χ0) is 13.7. The van der Waals surface area contributed by atoms with Crippen molar-refractivity contribution in [1.82, 2.24) is 15.6 Å². The van der Waals surface area contributed by atoms with Gasteiger partial charge in [-0.15, -0.1) is 0 Å². The summed E-state index contributed by atoms with van der Waals surface area (Å²) in [6.45, 7) is 4.27. The number of carbonyl (C=O) groups excluding carboxylic acids is 1. The van der Waals surface area contributed by atoms with E-state index in [2.05, 4.69) is 22.5 Å². The van der Waals surface area contributed by atoms with Crippen molar-refractivity contribution in [2.45, 2.75) is 39.2 Å². The normalized spacial score (nSPS) is 23.2. The van der Waals surface area contributed by atoms with Gasteiger partial charge >= 0.3 is 4.87 Å². The Morgan fingerprint density at radius 2 is 2.42 bits per heavy atom. The second-order valence-electron chi connectivity index (χ2n) is 5.17. The topological polar surface area (TPSA) is 74.0 Å². The van der Waals surface area contributed by atoms with Crippen molar-refractivity contribution in [3.05, 3.63) is 20.7 Å². The number of hydrogen-bond acceptors (Lipinski definition) is 4. The van der Waals surface area contributed by atoms with Gasteiger partial charge in [0.05, 0.1) is 12.0 Å². The molecule has 1 amide bonds. The van der Waals surface area contributed by atoms with Crippen LogP contribution in [0, 0.1) is 5.41 Å². The second-order valence-corrected chi connectivity index (χ2v) is 6.01. The average molecular weight is 283 g/mol. The molecule has 0 saturated carbocycles. The summed E-state index contributed by atoms with van der Waals surface area (Å²) in [5, 5.41) is 8.05. The summed E-state index contributed by atoms with van der Waals surface area (Å²) in [5.74, 6) is 0.105. The van der Waals surface area contributed by atoms with Gasteiger partial charge in [-0.2, -0.15) is 0 Å². The Bertz CT molecular complexity index is 469. The molecule has 1 saturated heterocycles. The minimum absolute atomic E-state index is 0.0770. The van der Waals surface area contributed by atoms with Gasteiger partial charge in [-0.1, -0.05) is 24.7 Å². The Hall–Kier alpha value is -1.14. The fourth-order valence-corrected chi connectivity index (χ4v) is 3.31. The predicted octanol–water partition coefficient (Wildman–Crippen LogP) is 1.22. The molecule has 0 bridgehead atoms. The van der Waals surface area contributed by atoms with Crippen LogP contribution >= 0.6 is 11.3 Å². The van der Waals surface area contributed by atoms with Gasteiger partial charge in [0, 0.05) is 17.6 Å². The van der Waals surface area contributed by atoms with E-state index in [1.165, 1.54) is 0 Å². The van der Waals surface area contributed by atoms with E-state index in [1.54, 1.807) is 5.38 Å². The van der Waals surface area contributed by atoms with Gasteiger partial charge in [0.1, 0.15) is 0 Å². The van der Waals surface area contributed by atoms with E-state index < -0.39 is 0 Å². The van der Waals surface area contributed by atoms with Crippen LogP contribution in [-0.2, 0) is 11.3 Å². The zero-order valence-electron chi connectivity index (χ0n) is 11.3. The fourth-order valence-electron chi connectivity index (χ4n) is 2.73. The summed E-state index contributed by atoms with van der Waals surface area (Å²) >= 11 is 1.13. The number of nitrogens with one attached hydrogen (secondary N) is 3. The highest BCUT2D eigenvalue weighted by molar-refractivity contribution is 7.07. The van der Waals surface area contributed by atoms with E-state index in [4.69, 9.17) is 0 Å². The molecule has 3 N–H and O–H groups in total. The first-order valence-corrected chi connectivity index (χ1v) is 7.70. The lowest BCUT2D eigenvalue weighted by atomic mass is 9.76. The molecule has 5 nitrogen and oxygen atoms in total. The van der Waals surface area contributed by atoms with Gasteiger partial charge in [0.25, 0.3) is 0 Å². The van der Waals surface area contributed by atoms with Crippen molar-refractivity contribution >= 4 is 17.2 Å². The number of hydrogen-bond donors (Lipinski definition) is 3. The van der Waals surface area contributed by atoms with Crippen LogP contribution < -0.4 is 15.5 Å². The molecule has 1 unspecified atom stereocenters. The standard InChI is InChI=1S/C13H21N3O2S/c1-2-4-13(5-3-6-14-9-13)11(17)15-7-10-8-19-12(18)16-10/h8,14H,2-7,9H2,1H3,(H,15,17)(H,16,18). The minimum atomic E-state index is -0.274. The molecule has 2 heterocycles. The van der Waals surface area contributed by atoms with E-state index in [0.29, 0.717) is 6.54 Å². The Labute approximate surface area is 116 Å². The lowest BCUT2D eigenvalue weighted by Gasteiger charge is -2.36. The summed E-state index contributed by atoms with van der Waals surface area (Å²) in [5.41, 5.74) is 0.502. The van der Waals surface area contributed by atoms with Crippen LogP contribution in [0.15, 0.2) is 10.2 Å². The number of amides is 1. The Kier molecular flexibility index (Phi) is 4.76. The summed E-state index contributed by atoms with van der Waals surface area (Å²) in [4.78, 5) is 26.1. The molecule has 1 fully saturated rings. The van der Waals surface area contributed by atoms with Gasteiger partial charge in [-0.3, -0.25) is 9.59 Å². The Balaban J connectivity index is 1.97. The number of thiazole rings is 1. The number of rotatable bonds is 5. The second kappa shape index (κ2) is 6.34. The number of carbonyl (C=O) groups is 1. The first-order valence-electron chi connectivity index (χ1n) is 6.82. The molecule has 0 spiro atoms. The Morgan fingerprint density at radius 1 is 1.58 bits per heavy atom. The third-order valence-corrected chi connectivity index (χ3v) is 4.41. The van der Waals surface area contributed by atoms with Crippen molar-refractivity contribution in [2.75, 3.05) is 13.1 Å². The van der Waals surface area contributed by atoms with Crippen LogP contribution in [0.3, 0.4) is 0 Å². The third-order valence-electron chi connectivity index (χ3n) is 3.69. The summed E-state index contributed by atoms with van der Waals surface area (Å²) in [7, 11) is 0. The van der Waals surface area contributed by atoms with Gasteiger partial charge < -0.3 is 15.6 Å². The number of aromatic amines is 1. The quantitative estimate of drug-likeness (QED) is 0.761. The maximum atomic E-state index is 12.5. The Morgan fingerprint density at radius 3 is 3.00 bits per heavy atom. The zero-order valence-corrected chi connectivity index (χ0v) is 12.1. The van der Waals surface area contributed by atoms with Crippen LogP contribution in [0.2, 0.25) is 0 Å². The molecule has 0 aromatic carbocycles. The molecule has 1 aliphatic rings. The molecule has 1 aromatic heterocycles. The molecule has 19 heavy (non-hydrogen) atoms. The van der Waals surface area contributed by atoms with E-state index >= 15 is 0 Å². The van der Waals surface area contributed by atoms with E-state index in [0.717, 1.165) is 55.8 Å². The van der Waals surface area contributed by atoms with Crippen molar-refractivity contribution < 1.29 is 4.79 Å². The highest BCUT2D eigenvalue weighted by Crippen LogP contribution is 2.31. The van der Waals surface area contributed by atoms with E-state index in [1.807, 2.05) is 0 Å². The van der Waals surface area contributed by atoms with Crippen LogP contribution in [0.25, 0.3) is 0 Å². The smallest absolute Gasteiger partial charge is 0.304 e. The highest BCUT2D eigenvalue weighted by atomic mass is 32.1. The fraction of sp³-hybridized carbons (Fsp3) is 0.692. The SMILES string of the molecule is CCCC1(C(=O)NCc2csc(=O)[nH]2)CCCNC1. The number of aromatic nitrogens is 1. The van der Waals surface area contributed by atoms with Crippen LogP contribution in [0.4, 0.5) is 0 Å². The minimum Gasteiger partial charge on any atom is -0.350 e. The number of piperidine rings is 1. The van der Waals surface area contributed by atoms with Crippen LogP contribution in [0.5, 0.6) is 0 Å². The summed E-state index contributed by atoms with van der Waals surface area (Å²) in [6, 6.07) is 0. The van der Waals surface area contributed by atoms with E-state index in [-0.39, 0.29) is 16.2 Å². The van der Waals surface area contributed by atoms with Crippen molar-refractivity contribution in [2.24, 2.45) is 5.41 Å². The maximum absolute atomic E-state index is 12.5. The number of H-pyrrole nitrogens is 1. The average Bonchev–Trinajstić information content (AvgIpc) is 2.83. The molecule has 0 radical (unpaired) electrons. The molecular weight excluding hydrogens is 262 g/mol. The molecule has 1 aliphatic heterocycles. The lowest BCUT2D eigenvalue weighted by Crippen LogP contribution is -2.50. The summed E-state index contributed by atoms with van der Waals surface area (Å²) < 4.78 is 0. The molecule has 2 rings (SSSR count). The van der Waals surface area contributed by atoms with Crippen LogP contribution in [0.1, 0.15) is 38.3 Å². The lowest BCUT2D eigenvalue weighted by molar-refractivity contribution is -0.132. The monoisotopic (exact) mass is 283 g/mol. The van der Waals surface area contributed by atoms with E-state index in [9.17, 15) is 9.59 Å². The van der Waals surface area contributed by atoms with Gasteiger partial charge in [0.15, 0.2) is 0 Å². The third kappa shape index (κ3) is 3.45. The largest absolute Gasteiger partial charge is 0.350 e. The van der Waals surface area contributed by atoms with Gasteiger partial charge in [-0.05, 0) is 25.8 Å². The van der Waals surface area contributed by atoms with Gasteiger partial charge in [0.2, 0.25) is 5.91 Å². The summed E-state index contributed by atoms with van der Waals surface area (Å²) in [6.07, 6.45) is 3.90. The molecule has 0 aliphatic carbocycles. The van der Waals surface area contributed by atoms with Crippen molar-refractivity contribution in [3.8, 4) is 0 Å². The highest BCUT2D eigenvalue weighted by Gasteiger charge is 2.38.